The zero-order chi connectivity index (χ0) is 18.6. The monoisotopic (exact) mass is 351 g/mol. The van der Waals surface area contributed by atoms with Gasteiger partial charge in [-0.15, -0.1) is 0 Å². The number of carbonyl (C=O) groups excluding carboxylic acids is 2. The Morgan fingerprint density at radius 3 is 2.52 bits per heavy atom. The molecule has 2 amide bonds. The van der Waals surface area contributed by atoms with Gasteiger partial charge < -0.3 is 10.6 Å². The van der Waals surface area contributed by atoms with Gasteiger partial charge in [-0.2, -0.15) is 13.2 Å². The van der Waals surface area contributed by atoms with Gasteiger partial charge >= 0.3 is 6.18 Å². The molecule has 0 saturated heterocycles. The third-order valence-corrected chi connectivity index (χ3v) is 3.39. The number of alkyl halides is 3. The second-order valence-electron chi connectivity index (χ2n) is 5.44. The van der Waals surface area contributed by atoms with E-state index in [1.54, 1.807) is 0 Å². The highest BCUT2D eigenvalue weighted by atomic mass is 19.4. The molecule has 5 nitrogen and oxygen atoms in total. The van der Waals surface area contributed by atoms with Crippen molar-refractivity contribution in [3.63, 3.8) is 0 Å². The number of hydrogen-bond donors (Lipinski definition) is 2. The summed E-state index contributed by atoms with van der Waals surface area (Å²) in [6.07, 6.45) is -3.09. The Hall–Kier alpha value is -2.90. The smallest absolute Gasteiger partial charge is 0.348 e. The molecule has 0 radical (unpaired) electrons. The van der Waals surface area contributed by atoms with Crippen molar-refractivity contribution in [2.45, 2.75) is 26.6 Å². The van der Waals surface area contributed by atoms with Gasteiger partial charge in [-0.25, -0.2) is 4.98 Å². The molecule has 2 aromatic rings. The number of aryl methyl sites for hydroxylation is 1. The van der Waals surface area contributed by atoms with Gasteiger partial charge in [0.15, 0.2) is 0 Å². The molecule has 0 bridgehead atoms. The molecule has 0 aliphatic carbocycles. The SMILES string of the molecule is CC(=O)Nc1cc(C(=O)NCc2ccc(C)c(C(F)(F)F)c2)ccn1. The topological polar surface area (TPSA) is 71.1 Å². The van der Waals surface area contributed by atoms with Crippen molar-refractivity contribution < 1.29 is 22.8 Å². The van der Waals surface area contributed by atoms with Crippen molar-refractivity contribution in [3.05, 3.63) is 58.8 Å². The molecule has 2 rings (SSSR count). The van der Waals surface area contributed by atoms with Crippen LogP contribution in [0.4, 0.5) is 19.0 Å². The minimum absolute atomic E-state index is 0.0556. The summed E-state index contributed by atoms with van der Waals surface area (Å²) in [7, 11) is 0. The van der Waals surface area contributed by atoms with E-state index in [4.69, 9.17) is 0 Å². The van der Waals surface area contributed by atoms with Crippen molar-refractivity contribution in [2.24, 2.45) is 0 Å². The summed E-state index contributed by atoms with van der Waals surface area (Å²) in [5.41, 5.74) is -0.0305. The van der Waals surface area contributed by atoms with Crippen molar-refractivity contribution in [2.75, 3.05) is 5.32 Å². The quantitative estimate of drug-likeness (QED) is 0.888. The third kappa shape index (κ3) is 5.03. The molecule has 0 unspecified atom stereocenters. The first-order valence-electron chi connectivity index (χ1n) is 7.35. The summed E-state index contributed by atoms with van der Waals surface area (Å²) in [5.74, 6) is -0.595. The average molecular weight is 351 g/mol. The van der Waals surface area contributed by atoms with E-state index in [0.717, 1.165) is 6.07 Å². The molecule has 1 aromatic heterocycles. The van der Waals surface area contributed by atoms with Crippen LogP contribution in [0.2, 0.25) is 0 Å². The van der Waals surface area contributed by atoms with E-state index in [2.05, 4.69) is 15.6 Å². The van der Waals surface area contributed by atoms with E-state index in [-0.39, 0.29) is 29.4 Å². The van der Waals surface area contributed by atoms with Gasteiger partial charge in [0.1, 0.15) is 5.82 Å². The summed E-state index contributed by atoms with van der Waals surface area (Å²) in [6, 6.07) is 6.74. The molecule has 0 aliphatic heterocycles. The molecule has 1 aromatic carbocycles. The first kappa shape index (κ1) is 18.4. The molecule has 8 heteroatoms. The lowest BCUT2D eigenvalue weighted by Gasteiger charge is -2.12. The average Bonchev–Trinajstić information content (AvgIpc) is 2.52. The lowest BCUT2D eigenvalue weighted by atomic mass is 10.0. The predicted molar refractivity (Wildman–Crippen MR) is 85.9 cm³/mol. The maximum Gasteiger partial charge on any atom is 0.416 e. The van der Waals surface area contributed by atoms with Crippen molar-refractivity contribution in [1.82, 2.24) is 10.3 Å². The molecule has 0 spiro atoms. The highest BCUT2D eigenvalue weighted by Gasteiger charge is 2.32. The van der Waals surface area contributed by atoms with Crippen LogP contribution in [0.5, 0.6) is 0 Å². The van der Waals surface area contributed by atoms with Gasteiger partial charge in [-0.1, -0.05) is 12.1 Å². The van der Waals surface area contributed by atoms with Crippen LogP contribution in [0.25, 0.3) is 0 Å². The highest BCUT2D eigenvalue weighted by molar-refractivity contribution is 5.96. The number of nitrogens with zero attached hydrogens (tertiary/aromatic N) is 1. The van der Waals surface area contributed by atoms with Crippen LogP contribution < -0.4 is 10.6 Å². The van der Waals surface area contributed by atoms with E-state index in [0.29, 0.717) is 5.56 Å². The number of pyridine rings is 1. The standard InChI is InChI=1S/C17H16F3N3O2/c1-10-3-4-12(7-14(10)17(18,19)20)9-22-16(25)13-5-6-21-15(8-13)23-11(2)24/h3-8H,9H2,1-2H3,(H,22,25)(H,21,23,24). The maximum absolute atomic E-state index is 12.9. The van der Waals surface area contributed by atoms with Crippen LogP contribution in [0, 0.1) is 6.92 Å². The van der Waals surface area contributed by atoms with E-state index < -0.39 is 17.6 Å². The number of aromatic nitrogens is 1. The van der Waals surface area contributed by atoms with Crippen molar-refractivity contribution >= 4 is 17.6 Å². The van der Waals surface area contributed by atoms with E-state index in [1.165, 1.54) is 44.3 Å². The first-order valence-corrected chi connectivity index (χ1v) is 7.35. The fourth-order valence-electron chi connectivity index (χ4n) is 2.19. The number of amides is 2. The molecule has 25 heavy (non-hydrogen) atoms. The van der Waals surface area contributed by atoms with Crippen LogP contribution >= 0.6 is 0 Å². The lowest BCUT2D eigenvalue weighted by Crippen LogP contribution is -2.23. The van der Waals surface area contributed by atoms with Crippen LogP contribution in [0.1, 0.15) is 34.0 Å². The number of carbonyl (C=O) groups is 2. The van der Waals surface area contributed by atoms with E-state index in [1.807, 2.05) is 0 Å². The summed E-state index contributed by atoms with van der Waals surface area (Å²) in [4.78, 5) is 27.0. The van der Waals surface area contributed by atoms with Gasteiger partial charge in [0.05, 0.1) is 5.56 Å². The predicted octanol–water partition coefficient (Wildman–Crippen LogP) is 3.30. The second-order valence-corrected chi connectivity index (χ2v) is 5.44. The van der Waals surface area contributed by atoms with Crippen LogP contribution in [0.15, 0.2) is 36.5 Å². The Balaban J connectivity index is 2.09. The number of halogens is 3. The van der Waals surface area contributed by atoms with Gasteiger partial charge in [-0.05, 0) is 36.2 Å². The number of rotatable bonds is 4. The van der Waals surface area contributed by atoms with E-state index in [9.17, 15) is 22.8 Å². The lowest BCUT2D eigenvalue weighted by molar-refractivity contribution is -0.138. The summed E-state index contributed by atoms with van der Waals surface area (Å²) < 4.78 is 38.7. The second kappa shape index (κ2) is 7.33. The zero-order valence-corrected chi connectivity index (χ0v) is 13.6. The fraction of sp³-hybridized carbons (Fsp3) is 0.235. The van der Waals surface area contributed by atoms with Gasteiger partial charge in [0.25, 0.3) is 5.91 Å². The Labute approximate surface area is 142 Å². The summed E-state index contributed by atoms with van der Waals surface area (Å²) >= 11 is 0. The van der Waals surface area contributed by atoms with Crippen LogP contribution in [0.3, 0.4) is 0 Å². The molecular weight excluding hydrogens is 335 g/mol. The maximum atomic E-state index is 12.9. The number of benzene rings is 1. The largest absolute Gasteiger partial charge is 0.416 e. The molecule has 1 heterocycles. The van der Waals surface area contributed by atoms with Crippen molar-refractivity contribution in [3.8, 4) is 0 Å². The minimum Gasteiger partial charge on any atom is -0.348 e. The molecule has 0 atom stereocenters. The Morgan fingerprint density at radius 2 is 1.88 bits per heavy atom. The molecule has 2 N–H and O–H groups in total. The van der Waals surface area contributed by atoms with E-state index >= 15 is 0 Å². The number of anilines is 1. The Morgan fingerprint density at radius 1 is 1.16 bits per heavy atom. The zero-order valence-electron chi connectivity index (χ0n) is 13.6. The Kier molecular flexibility index (Phi) is 5.41. The van der Waals surface area contributed by atoms with Crippen molar-refractivity contribution in [1.29, 1.82) is 0 Å². The number of hydrogen-bond acceptors (Lipinski definition) is 3. The number of nitrogens with one attached hydrogen (secondary N) is 2. The van der Waals surface area contributed by atoms with Gasteiger partial charge in [0, 0.05) is 25.2 Å². The van der Waals surface area contributed by atoms with Crippen LogP contribution in [-0.2, 0) is 17.5 Å². The highest BCUT2D eigenvalue weighted by Crippen LogP contribution is 2.32. The molecular formula is C17H16F3N3O2. The van der Waals surface area contributed by atoms with Crippen LogP contribution in [-0.4, -0.2) is 16.8 Å². The first-order chi connectivity index (χ1) is 11.7. The fourth-order valence-corrected chi connectivity index (χ4v) is 2.19. The molecule has 132 valence electrons. The summed E-state index contributed by atoms with van der Waals surface area (Å²) in [6.45, 7) is 2.63. The molecule has 0 aliphatic rings. The van der Waals surface area contributed by atoms with Gasteiger partial charge in [0.2, 0.25) is 5.91 Å². The molecule has 0 fully saturated rings. The summed E-state index contributed by atoms with van der Waals surface area (Å²) in [5, 5.41) is 5.00. The molecule has 0 saturated carbocycles. The van der Waals surface area contributed by atoms with Gasteiger partial charge in [-0.3, -0.25) is 9.59 Å². The Bertz CT molecular complexity index is 804. The third-order valence-electron chi connectivity index (χ3n) is 3.39. The minimum atomic E-state index is -4.44. The normalized spacial score (nSPS) is 11.1.